The predicted molar refractivity (Wildman–Crippen MR) is 288 cm³/mol. The van der Waals surface area contributed by atoms with Crippen LogP contribution >= 0.6 is 0 Å². The second kappa shape index (κ2) is 18.0. The Hall–Kier alpha value is -10.0. The predicted octanol–water partition coefficient (Wildman–Crippen LogP) is 8.78. The van der Waals surface area contributed by atoms with Crippen molar-refractivity contribution in [1.29, 1.82) is 0 Å². The Morgan fingerprint density at radius 3 is 1.77 bits per heavy atom. The molecule has 13 N–H and O–H groups in total. The summed E-state index contributed by atoms with van der Waals surface area (Å²) in [6, 6.07) is 34.2. The number of phenolic OH excluding ortho intramolecular Hbond substituents is 9. The number of aliphatic hydroxyl groups is 4. The number of benzene rings is 8. The zero-order valence-corrected chi connectivity index (χ0v) is 42.4. The number of ether oxygens (including phenoxy) is 5. The van der Waals surface area contributed by atoms with Gasteiger partial charge in [0.2, 0.25) is 0 Å². The van der Waals surface area contributed by atoms with Gasteiger partial charge in [0, 0.05) is 63.6 Å². The van der Waals surface area contributed by atoms with Crippen molar-refractivity contribution in [2.24, 2.45) is 0 Å². The van der Waals surface area contributed by atoms with Gasteiger partial charge in [-0.1, -0.05) is 60.7 Å². The fourth-order valence-electron chi connectivity index (χ4n) is 12.3. The highest BCUT2D eigenvalue weighted by molar-refractivity contribution is 5.97. The molecule has 82 heavy (non-hydrogen) atoms. The van der Waals surface area contributed by atoms with Crippen LogP contribution in [0.5, 0.6) is 80.5 Å². The Kier molecular flexibility index (Phi) is 11.0. The second-order valence-electron chi connectivity index (χ2n) is 20.9. The third-order valence-corrected chi connectivity index (χ3v) is 16.1. The van der Waals surface area contributed by atoms with Gasteiger partial charge in [-0.2, -0.15) is 0 Å². The summed E-state index contributed by atoms with van der Waals surface area (Å²) in [6.07, 6.45) is -5.34. The van der Waals surface area contributed by atoms with Gasteiger partial charge in [-0.05, 0) is 83.9 Å². The zero-order chi connectivity index (χ0) is 56.8. The van der Waals surface area contributed by atoms with Gasteiger partial charge in [-0.15, -0.1) is 0 Å². The summed E-state index contributed by atoms with van der Waals surface area (Å²) < 4.78 is 40.8. The van der Waals surface area contributed by atoms with Gasteiger partial charge in [0.25, 0.3) is 5.79 Å². The molecule has 412 valence electrons. The van der Waals surface area contributed by atoms with Crippen LogP contribution in [0.3, 0.4) is 0 Å². The van der Waals surface area contributed by atoms with E-state index in [1.165, 1.54) is 54.6 Å². The molecule has 0 saturated carbocycles. The molecular formula is C63H47O19+. The van der Waals surface area contributed by atoms with Crippen molar-refractivity contribution in [3.63, 3.8) is 0 Å². The van der Waals surface area contributed by atoms with E-state index < -0.39 is 111 Å². The summed E-state index contributed by atoms with van der Waals surface area (Å²) in [5.41, 5.74) is 0.992. The first-order valence-electron chi connectivity index (χ1n) is 25.9. The Balaban J connectivity index is 1.07. The summed E-state index contributed by atoms with van der Waals surface area (Å²) in [4.78, 5) is 0. The van der Waals surface area contributed by atoms with Crippen LogP contribution in [0.15, 0.2) is 150 Å². The van der Waals surface area contributed by atoms with Crippen LogP contribution in [-0.4, -0.2) is 84.7 Å². The number of hydrogen-bond donors (Lipinski definition) is 13. The van der Waals surface area contributed by atoms with Crippen LogP contribution in [0.25, 0.3) is 28.4 Å². The van der Waals surface area contributed by atoms with Crippen LogP contribution in [-0.2, 0) is 18.0 Å². The van der Waals surface area contributed by atoms with Crippen molar-refractivity contribution in [1.82, 2.24) is 0 Å². The lowest BCUT2D eigenvalue weighted by Gasteiger charge is -2.51. The highest BCUT2D eigenvalue weighted by Gasteiger charge is 2.62. The van der Waals surface area contributed by atoms with Crippen molar-refractivity contribution >= 4 is 17.0 Å². The average Bonchev–Trinajstić information content (AvgIpc) is 2.05. The van der Waals surface area contributed by atoms with Gasteiger partial charge in [0.1, 0.15) is 75.3 Å². The molecule has 0 fully saturated rings. The molecule has 5 aliphatic heterocycles. The average molecular weight is 1110 g/mol. The van der Waals surface area contributed by atoms with Crippen LogP contribution in [0.2, 0.25) is 0 Å². The number of aromatic hydroxyl groups is 9. The summed E-state index contributed by atoms with van der Waals surface area (Å²) in [7, 11) is 0. The largest absolute Gasteiger partial charge is 0.507 e. The number of fused-ring (bicyclic) bond motifs is 14. The lowest BCUT2D eigenvalue weighted by Crippen LogP contribution is -2.58. The highest BCUT2D eigenvalue weighted by Crippen LogP contribution is 2.67. The number of hydrogen-bond acceptors (Lipinski definition) is 18. The number of phenols is 9. The molecule has 19 nitrogen and oxygen atoms in total. The molecule has 2 bridgehead atoms. The molecule has 1 aromatic heterocycles. The maximum Gasteiger partial charge on any atom is 0.375 e. The molecule has 9 atom stereocenters. The molecule has 0 amide bonds. The van der Waals surface area contributed by atoms with Gasteiger partial charge in [-0.25, -0.2) is 4.42 Å². The van der Waals surface area contributed by atoms with E-state index >= 15 is 0 Å². The van der Waals surface area contributed by atoms with Crippen molar-refractivity contribution in [3.8, 4) is 91.8 Å². The Bertz CT molecular complexity index is 4190. The topological polar surface area (TPSA) is 320 Å². The van der Waals surface area contributed by atoms with E-state index in [4.69, 9.17) is 28.1 Å². The Morgan fingerprint density at radius 2 is 1.10 bits per heavy atom. The van der Waals surface area contributed by atoms with Crippen LogP contribution < -0.4 is 23.7 Å². The molecule has 0 radical (unpaired) electrons. The minimum atomic E-state index is -2.56. The van der Waals surface area contributed by atoms with Crippen LogP contribution in [0.1, 0.15) is 79.7 Å². The zero-order valence-electron chi connectivity index (χ0n) is 42.4. The molecule has 0 aliphatic carbocycles. The highest BCUT2D eigenvalue weighted by atomic mass is 16.7. The normalized spacial score (nSPS) is 24.4. The Labute approximate surface area is 463 Å². The number of aliphatic hydroxyl groups excluding tert-OH is 3. The van der Waals surface area contributed by atoms with Gasteiger partial charge < -0.3 is 90.1 Å². The molecule has 2 unspecified atom stereocenters. The first-order valence-corrected chi connectivity index (χ1v) is 25.9. The van der Waals surface area contributed by atoms with E-state index in [-0.39, 0.29) is 96.0 Å². The van der Waals surface area contributed by atoms with Crippen LogP contribution in [0, 0.1) is 0 Å². The molecule has 9 aromatic rings. The monoisotopic (exact) mass is 1110 g/mol. The van der Waals surface area contributed by atoms with E-state index in [1.54, 1.807) is 48.5 Å². The Morgan fingerprint density at radius 1 is 0.476 bits per heavy atom. The molecule has 19 heteroatoms. The van der Waals surface area contributed by atoms with Gasteiger partial charge in [0.05, 0.1) is 23.5 Å². The van der Waals surface area contributed by atoms with Crippen molar-refractivity contribution in [2.45, 2.75) is 60.4 Å². The molecule has 8 aromatic carbocycles. The molecule has 5 aliphatic rings. The van der Waals surface area contributed by atoms with E-state index in [0.29, 0.717) is 11.3 Å². The van der Waals surface area contributed by atoms with Gasteiger partial charge in [-0.3, -0.25) is 0 Å². The van der Waals surface area contributed by atoms with E-state index in [1.807, 2.05) is 30.3 Å². The summed E-state index contributed by atoms with van der Waals surface area (Å²) in [5.74, 6) is -13.7. The quantitative estimate of drug-likeness (QED) is 0.0546. The summed E-state index contributed by atoms with van der Waals surface area (Å²) >= 11 is 0. The lowest BCUT2D eigenvalue weighted by atomic mass is 9.71. The van der Waals surface area contributed by atoms with Gasteiger partial charge in [0.15, 0.2) is 40.6 Å². The van der Waals surface area contributed by atoms with E-state index in [0.717, 1.165) is 18.2 Å². The van der Waals surface area contributed by atoms with E-state index in [9.17, 15) is 66.4 Å². The first kappa shape index (κ1) is 50.2. The van der Waals surface area contributed by atoms with Gasteiger partial charge >= 0.3 is 17.1 Å². The van der Waals surface area contributed by atoms with Crippen LogP contribution in [0.4, 0.5) is 0 Å². The molecule has 0 saturated heterocycles. The minimum absolute atomic E-state index is 0.0176. The third kappa shape index (κ3) is 7.33. The lowest BCUT2D eigenvalue weighted by molar-refractivity contribution is -0.219. The second-order valence-corrected chi connectivity index (χ2v) is 20.9. The van der Waals surface area contributed by atoms with Crippen molar-refractivity contribution in [2.75, 3.05) is 0 Å². The molecule has 14 rings (SSSR count). The fourth-order valence-corrected chi connectivity index (χ4v) is 12.3. The maximum absolute atomic E-state index is 13.4. The summed E-state index contributed by atoms with van der Waals surface area (Å²) in [6.45, 7) is 0. The van der Waals surface area contributed by atoms with Crippen molar-refractivity contribution < 1.29 is 94.5 Å². The molecular weight excluding hydrogens is 1060 g/mol. The minimum Gasteiger partial charge on any atom is -0.507 e. The number of rotatable bonds is 6. The maximum atomic E-state index is 13.4. The molecule has 6 heterocycles. The first-order chi connectivity index (χ1) is 39.4. The van der Waals surface area contributed by atoms with Crippen molar-refractivity contribution in [3.05, 3.63) is 201 Å². The smallest absolute Gasteiger partial charge is 0.375 e. The fraction of sp³-hybridized carbons (Fsp3) is 0.159. The van der Waals surface area contributed by atoms with E-state index in [2.05, 4.69) is 0 Å². The standard InChI is InChI=1S/C63H46O19/c64-35-15-11-28(21-39(35)68)54-44(73)24-34-38(67)26-46-49(58(34)78-54)51-48-43(72)25-42(71)47(60(48)82-63(80-46,61(51)75)31-13-17-37(66)41(70)23-31)50-52-57(79-55(53(50)74)29-12-16-36(65)40(69)22-29)32-14-18-45(27-7-3-1-4-8-27)77-56(32)33-19-20-62(76,81-59(33)52)30-9-5-2-6-10-30/h1-23,25-26,44,50-51,53-55,61,73-76H,24H2,(H8-,64,65,66,67,68,69,70,71,72)/p+1/t44-,50?,51+,53+,54-,55+,61+,62?,63+/m0/s1. The SMILES string of the molecule is Oc1ccc([C@H]2Oc3c(c4c(c5[o+]c(-c6ccccc6)ccc35)C=CC(O)(c3ccccc3)O4)C(c3c(O)cc(O)c4c3O[C@@]3(c5ccc(O)c(O)c5)Oc5cc(O)c6c(c5[C@@H]4[C@H]3O)O[C@@H](c3ccc(O)c(O)c3)[C@@H](O)C6)[C@H]2O)cc1O. The third-order valence-electron chi connectivity index (χ3n) is 16.1. The molecule has 0 spiro atoms. The summed E-state index contributed by atoms with van der Waals surface area (Å²) in [5, 5.41) is 152.